The van der Waals surface area contributed by atoms with E-state index in [1.165, 1.54) is 0 Å². The van der Waals surface area contributed by atoms with E-state index in [1.54, 1.807) is 19.1 Å². The molecule has 0 radical (unpaired) electrons. The van der Waals surface area contributed by atoms with Crippen LogP contribution >= 0.6 is 27.5 Å². The van der Waals surface area contributed by atoms with Crippen LogP contribution in [0.3, 0.4) is 0 Å². The van der Waals surface area contributed by atoms with Crippen molar-refractivity contribution in [3.8, 4) is 0 Å². The number of aromatic nitrogens is 2. The average Bonchev–Trinajstić information content (AvgIpc) is 2.31. The number of ether oxygens (including phenoxy) is 1. The molecule has 0 fully saturated rings. The molecule has 0 unspecified atom stereocenters. The summed E-state index contributed by atoms with van der Waals surface area (Å²) < 4.78 is 5.38. The zero-order valence-corrected chi connectivity index (χ0v) is 11.6. The number of nitrogens with zero attached hydrogens (tertiary/aromatic N) is 1. The van der Waals surface area contributed by atoms with E-state index < -0.39 is 11.5 Å². The highest BCUT2D eigenvalue weighted by Crippen LogP contribution is 2.25. The second kappa shape index (κ2) is 5.07. The van der Waals surface area contributed by atoms with Crippen LogP contribution in [0.5, 0.6) is 0 Å². The first-order chi connectivity index (χ1) is 8.52. The predicted octanol–water partition coefficient (Wildman–Crippen LogP) is 2.52. The zero-order valence-electron chi connectivity index (χ0n) is 9.29. The average molecular weight is 332 g/mol. The lowest BCUT2D eigenvalue weighted by atomic mass is 10.3. The second-order valence-corrected chi connectivity index (χ2v) is 4.68. The SMILES string of the molecule is CCOC(=O)c1nc2cc(Br)c(Cl)cc2[nH]c1=O. The smallest absolute Gasteiger partial charge is 0.362 e. The third kappa shape index (κ3) is 2.39. The molecule has 1 aromatic carbocycles. The van der Waals surface area contributed by atoms with Gasteiger partial charge in [0.05, 0.1) is 22.7 Å². The van der Waals surface area contributed by atoms with Gasteiger partial charge in [0.2, 0.25) is 5.69 Å². The maximum absolute atomic E-state index is 11.7. The normalized spacial score (nSPS) is 10.6. The number of aromatic amines is 1. The number of esters is 1. The number of H-pyrrole nitrogens is 1. The van der Waals surface area contributed by atoms with Gasteiger partial charge in [0.25, 0.3) is 5.56 Å². The van der Waals surface area contributed by atoms with Crippen molar-refractivity contribution < 1.29 is 9.53 Å². The summed E-state index contributed by atoms with van der Waals surface area (Å²) in [5.41, 5.74) is 0.0492. The van der Waals surface area contributed by atoms with E-state index in [0.29, 0.717) is 20.5 Å². The lowest BCUT2D eigenvalue weighted by molar-refractivity contribution is 0.0517. The third-order valence-electron chi connectivity index (χ3n) is 2.20. The third-order valence-corrected chi connectivity index (χ3v) is 3.40. The number of carbonyl (C=O) groups excluding carboxylic acids is 1. The van der Waals surface area contributed by atoms with Gasteiger partial charge in [-0.25, -0.2) is 9.78 Å². The van der Waals surface area contributed by atoms with E-state index in [0.717, 1.165) is 0 Å². The van der Waals surface area contributed by atoms with Crippen molar-refractivity contribution in [2.24, 2.45) is 0 Å². The van der Waals surface area contributed by atoms with E-state index >= 15 is 0 Å². The maximum atomic E-state index is 11.7. The standard InChI is InChI=1S/C11H8BrClN2O3/c1-2-18-11(17)9-10(16)15-8-4-6(13)5(12)3-7(8)14-9/h3-4H,2H2,1H3,(H,15,16). The monoisotopic (exact) mass is 330 g/mol. The van der Waals surface area contributed by atoms with Crippen LogP contribution in [-0.4, -0.2) is 22.5 Å². The van der Waals surface area contributed by atoms with E-state index in [9.17, 15) is 9.59 Å². The van der Waals surface area contributed by atoms with E-state index in [2.05, 4.69) is 25.9 Å². The molecule has 2 aromatic rings. The Morgan fingerprint density at radius 1 is 1.56 bits per heavy atom. The van der Waals surface area contributed by atoms with Crippen LogP contribution in [0.25, 0.3) is 11.0 Å². The molecule has 18 heavy (non-hydrogen) atoms. The Morgan fingerprint density at radius 3 is 2.94 bits per heavy atom. The Kier molecular flexibility index (Phi) is 3.68. The van der Waals surface area contributed by atoms with Gasteiger partial charge in [-0.15, -0.1) is 0 Å². The van der Waals surface area contributed by atoms with Crippen molar-refractivity contribution in [3.05, 3.63) is 37.7 Å². The minimum atomic E-state index is -0.744. The van der Waals surface area contributed by atoms with Crippen molar-refractivity contribution in [1.82, 2.24) is 9.97 Å². The fourth-order valence-electron chi connectivity index (χ4n) is 1.42. The fourth-order valence-corrected chi connectivity index (χ4v) is 1.91. The Labute approximate surface area is 115 Å². The van der Waals surface area contributed by atoms with E-state index in [4.69, 9.17) is 16.3 Å². The highest BCUT2D eigenvalue weighted by molar-refractivity contribution is 9.10. The lowest BCUT2D eigenvalue weighted by Gasteiger charge is -2.03. The van der Waals surface area contributed by atoms with Crippen molar-refractivity contribution in [2.75, 3.05) is 6.61 Å². The molecule has 1 heterocycles. The molecule has 0 bridgehead atoms. The van der Waals surface area contributed by atoms with Crippen LogP contribution in [0, 0.1) is 0 Å². The Hall–Kier alpha value is -1.40. The number of benzene rings is 1. The molecule has 0 saturated heterocycles. The van der Waals surface area contributed by atoms with Crippen LogP contribution < -0.4 is 5.56 Å². The molecule has 7 heteroatoms. The molecule has 0 aliphatic rings. The molecule has 0 aliphatic heterocycles. The molecule has 0 spiro atoms. The summed E-state index contributed by atoms with van der Waals surface area (Å²) in [6.07, 6.45) is 0. The van der Waals surface area contributed by atoms with Crippen molar-refractivity contribution >= 4 is 44.5 Å². The molecule has 0 aliphatic carbocycles. The summed E-state index contributed by atoms with van der Waals surface area (Å²) in [6.45, 7) is 1.84. The molecule has 94 valence electrons. The summed E-state index contributed by atoms with van der Waals surface area (Å²) in [5, 5.41) is 0.448. The van der Waals surface area contributed by atoms with Gasteiger partial charge in [0, 0.05) is 4.47 Å². The number of carbonyl (C=O) groups is 1. The highest BCUT2D eigenvalue weighted by atomic mass is 79.9. The minimum absolute atomic E-state index is 0.183. The number of fused-ring (bicyclic) bond motifs is 1. The molecule has 0 amide bonds. The van der Waals surface area contributed by atoms with Gasteiger partial charge in [-0.1, -0.05) is 11.6 Å². The zero-order chi connectivity index (χ0) is 13.3. The first-order valence-electron chi connectivity index (χ1n) is 5.09. The quantitative estimate of drug-likeness (QED) is 0.858. The van der Waals surface area contributed by atoms with Gasteiger partial charge >= 0.3 is 5.97 Å². The Morgan fingerprint density at radius 2 is 2.28 bits per heavy atom. The molecule has 0 saturated carbocycles. The van der Waals surface area contributed by atoms with Crippen LogP contribution in [0.1, 0.15) is 17.4 Å². The number of hydrogen-bond donors (Lipinski definition) is 1. The largest absolute Gasteiger partial charge is 0.461 e. The number of halogens is 2. The van der Waals surface area contributed by atoms with Gasteiger partial charge < -0.3 is 9.72 Å². The topological polar surface area (TPSA) is 72.0 Å². The summed E-state index contributed by atoms with van der Waals surface area (Å²) in [5.74, 6) is -0.744. The Balaban J connectivity index is 2.65. The minimum Gasteiger partial charge on any atom is -0.461 e. The van der Waals surface area contributed by atoms with Crippen molar-refractivity contribution in [3.63, 3.8) is 0 Å². The van der Waals surface area contributed by atoms with Gasteiger partial charge in [-0.2, -0.15) is 0 Å². The molecule has 2 rings (SSSR count). The molecule has 0 atom stereocenters. The summed E-state index contributed by atoms with van der Waals surface area (Å²) in [4.78, 5) is 29.7. The van der Waals surface area contributed by atoms with Gasteiger partial charge in [0.15, 0.2) is 0 Å². The second-order valence-electron chi connectivity index (χ2n) is 3.42. The molecule has 1 aromatic heterocycles. The van der Waals surface area contributed by atoms with Crippen molar-refractivity contribution in [1.29, 1.82) is 0 Å². The predicted molar refractivity (Wildman–Crippen MR) is 71.0 cm³/mol. The summed E-state index contributed by atoms with van der Waals surface area (Å²) in [6, 6.07) is 3.18. The van der Waals surface area contributed by atoms with E-state index in [-0.39, 0.29) is 12.3 Å². The Bertz CT molecular complexity index is 684. The highest BCUT2D eigenvalue weighted by Gasteiger charge is 2.15. The van der Waals surface area contributed by atoms with Crippen LogP contribution in [0.2, 0.25) is 5.02 Å². The number of nitrogens with one attached hydrogen (secondary N) is 1. The van der Waals surface area contributed by atoms with E-state index in [1.807, 2.05) is 0 Å². The number of hydrogen-bond acceptors (Lipinski definition) is 4. The summed E-state index contributed by atoms with van der Waals surface area (Å²) in [7, 11) is 0. The maximum Gasteiger partial charge on any atom is 0.362 e. The van der Waals surface area contributed by atoms with Crippen LogP contribution in [0.4, 0.5) is 0 Å². The molecular weight excluding hydrogens is 323 g/mol. The molecular formula is C11H8BrClN2O3. The van der Waals surface area contributed by atoms with Gasteiger partial charge in [-0.3, -0.25) is 4.79 Å². The summed E-state index contributed by atoms with van der Waals surface area (Å²) >= 11 is 9.15. The fraction of sp³-hybridized carbons (Fsp3) is 0.182. The van der Waals surface area contributed by atoms with Crippen LogP contribution in [-0.2, 0) is 4.74 Å². The lowest BCUT2D eigenvalue weighted by Crippen LogP contribution is -2.22. The molecule has 1 N–H and O–H groups in total. The number of rotatable bonds is 2. The van der Waals surface area contributed by atoms with Crippen molar-refractivity contribution in [2.45, 2.75) is 6.92 Å². The van der Waals surface area contributed by atoms with Gasteiger partial charge in [0.1, 0.15) is 0 Å². The first-order valence-corrected chi connectivity index (χ1v) is 6.26. The first kappa shape index (κ1) is 13.0. The molecule has 5 nitrogen and oxygen atoms in total. The van der Waals surface area contributed by atoms with Gasteiger partial charge in [-0.05, 0) is 35.0 Å². The van der Waals surface area contributed by atoms with Crippen LogP contribution in [0.15, 0.2) is 21.4 Å².